The molecule has 66 heavy (non-hydrogen) atoms. The highest BCUT2D eigenvalue weighted by atomic mass is 16.6. The molecule has 6 heteroatoms. The highest BCUT2D eigenvalue weighted by molar-refractivity contribution is 5.71. The molecule has 0 aromatic rings. The van der Waals surface area contributed by atoms with Crippen LogP contribution in [0.15, 0.2) is 60.8 Å². The molecule has 0 radical (unpaired) electrons. The minimum absolute atomic E-state index is 0.0836. The number of hydrogen-bond donors (Lipinski definition) is 0. The summed E-state index contributed by atoms with van der Waals surface area (Å²) < 4.78 is 16.8. The summed E-state index contributed by atoms with van der Waals surface area (Å²) in [4.78, 5) is 38.1. The van der Waals surface area contributed by atoms with E-state index in [-0.39, 0.29) is 31.1 Å². The maximum atomic E-state index is 12.8. The quantitative estimate of drug-likeness (QED) is 0.0262. The molecule has 0 rings (SSSR count). The van der Waals surface area contributed by atoms with Gasteiger partial charge in [-0.25, -0.2) is 0 Å². The first-order valence-electron chi connectivity index (χ1n) is 28.3. The van der Waals surface area contributed by atoms with Crippen molar-refractivity contribution in [3.63, 3.8) is 0 Å². The Kier molecular flexibility index (Phi) is 52.3. The number of unbranched alkanes of at least 4 members (excludes halogenated alkanes) is 30. The number of ether oxygens (including phenoxy) is 3. The Morgan fingerprint density at radius 2 is 0.591 bits per heavy atom. The van der Waals surface area contributed by atoms with E-state index in [2.05, 4.69) is 81.5 Å². The smallest absolute Gasteiger partial charge is 0.306 e. The van der Waals surface area contributed by atoms with Crippen molar-refractivity contribution in [2.24, 2.45) is 0 Å². The first-order chi connectivity index (χ1) is 32.5. The van der Waals surface area contributed by atoms with Crippen LogP contribution in [0.3, 0.4) is 0 Å². The third-order valence-corrected chi connectivity index (χ3v) is 12.2. The second kappa shape index (κ2) is 54.7. The predicted octanol–water partition coefficient (Wildman–Crippen LogP) is 18.8. The SMILES string of the molecule is CC/C=C\C/C=C\CCCCCCCC(=O)OCC(COC(=O)CCCCCCCCC/C=C\CCCCCCCCCC)OC(=O)CCCCCCCCC/C=C\C/C=C\CCCCC. The van der Waals surface area contributed by atoms with Gasteiger partial charge in [-0.1, -0.05) is 223 Å². The average molecular weight is 924 g/mol. The number of rotatable bonds is 51. The zero-order valence-electron chi connectivity index (χ0n) is 43.7. The molecule has 0 heterocycles. The van der Waals surface area contributed by atoms with Gasteiger partial charge in [-0.15, -0.1) is 0 Å². The van der Waals surface area contributed by atoms with Crippen LogP contribution in [-0.4, -0.2) is 37.2 Å². The fourth-order valence-corrected chi connectivity index (χ4v) is 7.98. The minimum atomic E-state index is -0.785. The average Bonchev–Trinajstić information content (AvgIpc) is 3.31. The van der Waals surface area contributed by atoms with Crippen LogP contribution in [0.1, 0.15) is 284 Å². The molecule has 0 aliphatic heterocycles. The highest BCUT2D eigenvalue weighted by Gasteiger charge is 2.19. The van der Waals surface area contributed by atoms with Gasteiger partial charge in [-0.2, -0.15) is 0 Å². The molecule has 0 aromatic carbocycles. The molecule has 0 saturated carbocycles. The maximum absolute atomic E-state index is 12.8. The van der Waals surface area contributed by atoms with E-state index < -0.39 is 6.10 Å². The zero-order valence-corrected chi connectivity index (χ0v) is 43.7. The topological polar surface area (TPSA) is 78.9 Å². The first-order valence-corrected chi connectivity index (χ1v) is 28.3. The van der Waals surface area contributed by atoms with Crippen LogP contribution in [-0.2, 0) is 28.6 Å². The van der Waals surface area contributed by atoms with E-state index in [1.807, 2.05) is 0 Å². The molecule has 0 saturated heterocycles. The molecule has 0 spiro atoms. The van der Waals surface area contributed by atoms with Crippen molar-refractivity contribution in [2.75, 3.05) is 13.2 Å². The summed E-state index contributed by atoms with van der Waals surface area (Å²) in [5.41, 5.74) is 0. The predicted molar refractivity (Wildman–Crippen MR) is 284 cm³/mol. The van der Waals surface area contributed by atoms with Crippen molar-refractivity contribution in [3.8, 4) is 0 Å². The van der Waals surface area contributed by atoms with Gasteiger partial charge < -0.3 is 14.2 Å². The van der Waals surface area contributed by atoms with Crippen molar-refractivity contribution in [1.29, 1.82) is 0 Å². The lowest BCUT2D eigenvalue weighted by Crippen LogP contribution is -2.30. The van der Waals surface area contributed by atoms with Crippen molar-refractivity contribution < 1.29 is 28.6 Å². The largest absolute Gasteiger partial charge is 0.462 e. The van der Waals surface area contributed by atoms with Gasteiger partial charge in [0, 0.05) is 19.3 Å². The van der Waals surface area contributed by atoms with E-state index in [4.69, 9.17) is 14.2 Å². The van der Waals surface area contributed by atoms with Gasteiger partial charge in [-0.05, 0) is 103 Å². The molecule has 1 atom stereocenters. The second-order valence-electron chi connectivity index (χ2n) is 18.8. The van der Waals surface area contributed by atoms with Gasteiger partial charge in [0.05, 0.1) is 0 Å². The fraction of sp³-hybridized carbons (Fsp3) is 0.783. The van der Waals surface area contributed by atoms with Gasteiger partial charge in [0.15, 0.2) is 6.10 Å². The molecular weight excluding hydrogens is 817 g/mol. The molecular formula is C60H106O6. The molecule has 0 aliphatic carbocycles. The van der Waals surface area contributed by atoms with Crippen molar-refractivity contribution in [1.82, 2.24) is 0 Å². The maximum Gasteiger partial charge on any atom is 0.306 e. The molecule has 0 bridgehead atoms. The lowest BCUT2D eigenvalue weighted by molar-refractivity contribution is -0.167. The molecule has 0 aromatic heterocycles. The third kappa shape index (κ3) is 52.1. The van der Waals surface area contributed by atoms with E-state index >= 15 is 0 Å². The zero-order chi connectivity index (χ0) is 47.9. The van der Waals surface area contributed by atoms with Gasteiger partial charge in [0.2, 0.25) is 0 Å². The van der Waals surface area contributed by atoms with Crippen LogP contribution in [0.5, 0.6) is 0 Å². The summed E-state index contributed by atoms with van der Waals surface area (Å²) in [7, 11) is 0. The second-order valence-corrected chi connectivity index (χ2v) is 18.8. The molecule has 0 fully saturated rings. The van der Waals surface area contributed by atoms with Crippen molar-refractivity contribution in [2.45, 2.75) is 290 Å². The molecule has 382 valence electrons. The Bertz CT molecular complexity index is 1200. The van der Waals surface area contributed by atoms with E-state index in [1.165, 1.54) is 141 Å². The Labute approximate surface area is 409 Å². The lowest BCUT2D eigenvalue weighted by Gasteiger charge is -2.18. The van der Waals surface area contributed by atoms with Crippen LogP contribution in [0.2, 0.25) is 0 Å². The molecule has 6 nitrogen and oxygen atoms in total. The molecule has 0 N–H and O–H groups in total. The Hall–Kier alpha value is -2.89. The minimum Gasteiger partial charge on any atom is -0.462 e. The van der Waals surface area contributed by atoms with Crippen LogP contribution in [0.4, 0.5) is 0 Å². The number of hydrogen-bond acceptors (Lipinski definition) is 6. The Balaban J connectivity index is 4.36. The van der Waals surface area contributed by atoms with Crippen LogP contribution in [0.25, 0.3) is 0 Å². The summed E-state index contributed by atoms with van der Waals surface area (Å²) in [6, 6.07) is 0. The van der Waals surface area contributed by atoms with E-state index in [0.717, 1.165) is 103 Å². The van der Waals surface area contributed by atoms with E-state index in [1.54, 1.807) is 0 Å². The van der Waals surface area contributed by atoms with Crippen molar-refractivity contribution >= 4 is 17.9 Å². The van der Waals surface area contributed by atoms with Gasteiger partial charge in [-0.3, -0.25) is 14.4 Å². The molecule has 1 unspecified atom stereocenters. The van der Waals surface area contributed by atoms with Crippen LogP contribution < -0.4 is 0 Å². The number of allylic oxidation sites excluding steroid dienone is 10. The summed E-state index contributed by atoms with van der Waals surface area (Å²) in [6.07, 6.45) is 67.8. The summed E-state index contributed by atoms with van der Waals surface area (Å²) in [5, 5.41) is 0. The summed E-state index contributed by atoms with van der Waals surface area (Å²) in [6.45, 7) is 6.50. The monoisotopic (exact) mass is 923 g/mol. The molecule has 0 amide bonds. The van der Waals surface area contributed by atoms with Gasteiger partial charge in [0.25, 0.3) is 0 Å². The van der Waals surface area contributed by atoms with E-state index in [0.29, 0.717) is 19.3 Å². The Morgan fingerprint density at radius 3 is 0.955 bits per heavy atom. The van der Waals surface area contributed by atoms with Crippen molar-refractivity contribution in [3.05, 3.63) is 60.8 Å². The van der Waals surface area contributed by atoms with Crippen LogP contribution >= 0.6 is 0 Å². The van der Waals surface area contributed by atoms with E-state index in [9.17, 15) is 14.4 Å². The molecule has 0 aliphatic rings. The van der Waals surface area contributed by atoms with Gasteiger partial charge >= 0.3 is 17.9 Å². The van der Waals surface area contributed by atoms with Crippen LogP contribution in [0, 0.1) is 0 Å². The Morgan fingerprint density at radius 1 is 0.318 bits per heavy atom. The van der Waals surface area contributed by atoms with Gasteiger partial charge in [0.1, 0.15) is 13.2 Å². The first kappa shape index (κ1) is 63.1. The number of carbonyl (C=O) groups excluding carboxylic acids is 3. The summed E-state index contributed by atoms with van der Waals surface area (Å²) >= 11 is 0. The number of carbonyl (C=O) groups is 3. The number of esters is 3. The highest BCUT2D eigenvalue weighted by Crippen LogP contribution is 2.15. The standard InChI is InChI=1S/C60H106O6/c1-4-7-10-13-16-19-22-25-27-29-30-32-33-35-38-41-44-47-50-53-59(62)65-56-57(55-64-58(61)52-49-46-43-40-37-24-21-18-15-12-9-6-3)66-60(63)54-51-48-45-42-39-36-34-31-28-26-23-20-17-14-11-8-5-2/h9,12,17-18,20-21,26,28-30,57H,4-8,10-11,13-16,19,22-25,27,31-56H2,1-3H3/b12-9-,20-17-,21-18-,28-26-,30-29-. The summed E-state index contributed by atoms with van der Waals surface area (Å²) in [5.74, 6) is -0.902. The third-order valence-electron chi connectivity index (χ3n) is 12.2. The lowest BCUT2D eigenvalue weighted by atomic mass is 10.1. The normalized spacial score (nSPS) is 12.5. The fourth-order valence-electron chi connectivity index (χ4n) is 7.98.